The smallest absolute Gasteiger partial charge is 0.254 e. The second-order valence-electron chi connectivity index (χ2n) is 5.73. The summed E-state index contributed by atoms with van der Waals surface area (Å²) in [4.78, 5) is 14.5. The van der Waals surface area contributed by atoms with Crippen LogP contribution in [0.25, 0.3) is 0 Å². The molecule has 26 heavy (non-hydrogen) atoms. The van der Waals surface area contributed by atoms with Crippen molar-refractivity contribution in [1.82, 2.24) is 9.21 Å². The van der Waals surface area contributed by atoms with Crippen LogP contribution in [0.3, 0.4) is 0 Å². The molecule has 0 bridgehead atoms. The molecule has 0 aliphatic rings. The molecule has 0 radical (unpaired) electrons. The molecule has 1 heterocycles. The summed E-state index contributed by atoms with van der Waals surface area (Å²) >= 11 is 3.25. The van der Waals surface area contributed by atoms with Crippen molar-refractivity contribution in [3.05, 3.63) is 52.4 Å². The zero-order valence-electron chi connectivity index (χ0n) is 14.8. The lowest BCUT2D eigenvalue weighted by atomic mass is 10.2. The molecule has 2 rings (SSSR count). The fourth-order valence-electron chi connectivity index (χ4n) is 2.26. The Labute approximate surface area is 161 Å². The Balaban J connectivity index is 2.36. The Morgan fingerprint density at radius 1 is 1.27 bits per heavy atom. The normalized spacial score (nSPS) is 11.7. The van der Waals surface area contributed by atoms with Crippen LogP contribution in [0.15, 0.2) is 50.4 Å². The maximum Gasteiger partial charge on any atom is 0.254 e. The number of carbonyl (C=O) groups is 1. The highest BCUT2D eigenvalue weighted by Gasteiger charge is 2.24. The number of sulfonamides is 1. The fourth-order valence-corrected chi connectivity index (χ4v) is 4.10. The number of methoxy groups -OCH3 is 1. The molecule has 1 aromatic heterocycles. The van der Waals surface area contributed by atoms with Crippen molar-refractivity contribution in [2.75, 3.05) is 34.4 Å². The second kappa shape index (κ2) is 8.81. The molecule has 1 amide bonds. The van der Waals surface area contributed by atoms with Crippen LogP contribution in [0, 0.1) is 0 Å². The monoisotopic (exact) mass is 444 g/mol. The standard InChI is InChI=1S/C17H21BrN2O5S/c1-19(2)26(22,23)16-11-13(6-7-15(16)18)17(21)20(8-10-24-3)12-14-5-4-9-25-14/h4-7,9,11H,8,10,12H2,1-3H3. The quantitative estimate of drug-likeness (QED) is 0.624. The van der Waals surface area contributed by atoms with Crippen LogP contribution in [-0.4, -0.2) is 57.9 Å². The molecule has 9 heteroatoms. The van der Waals surface area contributed by atoms with Gasteiger partial charge in [0.1, 0.15) is 5.76 Å². The van der Waals surface area contributed by atoms with Gasteiger partial charge in [-0.3, -0.25) is 4.79 Å². The molecule has 0 saturated carbocycles. The predicted octanol–water partition coefficient (Wildman–Crippen LogP) is 2.58. The molecule has 0 spiro atoms. The predicted molar refractivity (Wildman–Crippen MR) is 100 cm³/mol. The number of halogens is 1. The van der Waals surface area contributed by atoms with Crippen molar-refractivity contribution >= 4 is 31.9 Å². The van der Waals surface area contributed by atoms with Crippen LogP contribution in [0.4, 0.5) is 0 Å². The lowest BCUT2D eigenvalue weighted by Gasteiger charge is -2.22. The summed E-state index contributed by atoms with van der Waals surface area (Å²) in [6.45, 7) is 0.967. The van der Waals surface area contributed by atoms with Crippen LogP contribution < -0.4 is 0 Å². The summed E-state index contributed by atoms with van der Waals surface area (Å²) in [5.74, 6) is 0.328. The van der Waals surface area contributed by atoms with Gasteiger partial charge in [0.2, 0.25) is 10.0 Å². The van der Waals surface area contributed by atoms with Crippen molar-refractivity contribution < 1.29 is 22.4 Å². The Morgan fingerprint density at radius 2 is 2.00 bits per heavy atom. The van der Waals surface area contributed by atoms with Gasteiger partial charge in [0.15, 0.2) is 0 Å². The molecule has 0 N–H and O–H groups in total. The van der Waals surface area contributed by atoms with Gasteiger partial charge in [-0.2, -0.15) is 0 Å². The van der Waals surface area contributed by atoms with E-state index in [9.17, 15) is 13.2 Å². The van der Waals surface area contributed by atoms with E-state index in [1.165, 1.54) is 26.4 Å². The van der Waals surface area contributed by atoms with E-state index in [-0.39, 0.29) is 22.9 Å². The third-order valence-electron chi connectivity index (χ3n) is 3.72. The summed E-state index contributed by atoms with van der Waals surface area (Å²) < 4.78 is 36.8. The molecular formula is C17H21BrN2O5S. The van der Waals surface area contributed by atoms with Crippen molar-refractivity contribution in [3.8, 4) is 0 Å². The van der Waals surface area contributed by atoms with Gasteiger partial charge in [0.05, 0.1) is 24.3 Å². The molecule has 0 aliphatic heterocycles. The zero-order valence-corrected chi connectivity index (χ0v) is 17.2. The summed E-state index contributed by atoms with van der Waals surface area (Å²) in [5.41, 5.74) is 0.274. The van der Waals surface area contributed by atoms with E-state index in [0.717, 1.165) is 4.31 Å². The topological polar surface area (TPSA) is 80.1 Å². The minimum Gasteiger partial charge on any atom is -0.467 e. The lowest BCUT2D eigenvalue weighted by Crippen LogP contribution is -2.33. The van der Waals surface area contributed by atoms with E-state index in [0.29, 0.717) is 23.4 Å². The molecule has 1 aromatic carbocycles. The highest BCUT2D eigenvalue weighted by atomic mass is 79.9. The summed E-state index contributed by atoms with van der Waals surface area (Å²) in [7, 11) is 0.754. The van der Waals surface area contributed by atoms with Gasteiger partial charge in [0, 0.05) is 37.8 Å². The van der Waals surface area contributed by atoms with Gasteiger partial charge < -0.3 is 14.1 Å². The summed E-state index contributed by atoms with van der Waals surface area (Å²) in [6, 6.07) is 8.05. The van der Waals surface area contributed by atoms with Crippen LogP contribution in [-0.2, 0) is 21.3 Å². The number of rotatable bonds is 8. The van der Waals surface area contributed by atoms with Gasteiger partial charge >= 0.3 is 0 Å². The minimum absolute atomic E-state index is 0.0399. The van der Waals surface area contributed by atoms with Crippen molar-refractivity contribution in [2.45, 2.75) is 11.4 Å². The second-order valence-corrected chi connectivity index (χ2v) is 8.71. The lowest BCUT2D eigenvalue weighted by molar-refractivity contribution is 0.0666. The molecule has 7 nitrogen and oxygen atoms in total. The van der Waals surface area contributed by atoms with E-state index in [2.05, 4.69) is 15.9 Å². The molecule has 0 aliphatic carbocycles. The number of carbonyl (C=O) groups excluding carboxylic acids is 1. The van der Waals surface area contributed by atoms with Crippen LogP contribution in [0.5, 0.6) is 0 Å². The van der Waals surface area contributed by atoms with Gasteiger partial charge in [-0.15, -0.1) is 0 Å². The van der Waals surface area contributed by atoms with Crippen molar-refractivity contribution in [1.29, 1.82) is 0 Å². The first-order chi connectivity index (χ1) is 12.3. The molecule has 0 atom stereocenters. The molecule has 0 saturated heterocycles. The van der Waals surface area contributed by atoms with E-state index < -0.39 is 10.0 Å². The number of hydrogen-bond donors (Lipinski definition) is 0. The zero-order chi connectivity index (χ0) is 19.3. The highest BCUT2D eigenvalue weighted by molar-refractivity contribution is 9.10. The first-order valence-electron chi connectivity index (χ1n) is 7.80. The van der Waals surface area contributed by atoms with Crippen LogP contribution in [0.1, 0.15) is 16.1 Å². The van der Waals surface area contributed by atoms with Crippen LogP contribution >= 0.6 is 15.9 Å². The number of hydrogen-bond acceptors (Lipinski definition) is 5. The maximum atomic E-state index is 12.9. The van der Waals surface area contributed by atoms with Gasteiger partial charge in [0.25, 0.3) is 5.91 Å². The van der Waals surface area contributed by atoms with E-state index in [1.807, 2.05) is 0 Å². The third-order valence-corrected chi connectivity index (χ3v) is 6.53. The molecule has 0 fully saturated rings. The largest absolute Gasteiger partial charge is 0.467 e. The number of nitrogens with zero attached hydrogens (tertiary/aromatic N) is 2. The molecule has 0 unspecified atom stereocenters. The van der Waals surface area contributed by atoms with Gasteiger partial charge in [-0.05, 0) is 46.3 Å². The van der Waals surface area contributed by atoms with Crippen molar-refractivity contribution in [3.63, 3.8) is 0 Å². The van der Waals surface area contributed by atoms with E-state index >= 15 is 0 Å². The van der Waals surface area contributed by atoms with E-state index in [1.54, 1.807) is 36.3 Å². The molecule has 142 valence electrons. The third kappa shape index (κ3) is 4.73. The number of furan rings is 1. The average Bonchev–Trinajstić information content (AvgIpc) is 3.11. The fraction of sp³-hybridized carbons (Fsp3) is 0.353. The molecular weight excluding hydrogens is 424 g/mol. The Bertz CT molecular complexity index is 850. The van der Waals surface area contributed by atoms with Gasteiger partial charge in [-0.1, -0.05) is 0 Å². The average molecular weight is 445 g/mol. The first-order valence-corrected chi connectivity index (χ1v) is 10.0. The van der Waals surface area contributed by atoms with Gasteiger partial charge in [-0.25, -0.2) is 12.7 Å². The van der Waals surface area contributed by atoms with E-state index in [4.69, 9.17) is 9.15 Å². The number of amides is 1. The van der Waals surface area contributed by atoms with Crippen LogP contribution in [0.2, 0.25) is 0 Å². The molecule has 2 aromatic rings. The SMILES string of the molecule is COCCN(Cc1ccco1)C(=O)c1ccc(Br)c(S(=O)(=O)N(C)C)c1. The minimum atomic E-state index is -3.68. The van der Waals surface area contributed by atoms with Crippen molar-refractivity contribution in [2.24, 2.45) is 0 Å². The Kier molecular flexibility index (Phi) is 6.99. The maximum absolute atomic E-state index is 12.9. The number of ether oxygens (including phenoxy) is 1. The summed E-state index contributed by atoms with van der Waals surface area (Å²) in [6.07, 6.45) is 1.54. The first kappa shape index (κ1) is 20.6. The summed E-state index contributed by atoms with van der Waals surface area (Å²) in [5, 5.41) is 0. The Morgan fingerprint density at radius 3 is 2.58 bits per heavy atom. The Hall–Kier alpha value is -1.68. The highest BCUT2D eigenvalue weighted by Crippen LogP contribution is 2.26. The number of benzene rings is 1.